The number of amides is 2. The molecule has 0 saturated heterocycles. The number of unbranched alkanes of at least 4 members (excludes halogenated alkanes) is 1. The Balaban J connectivity index is 1.63. The van der Waals surface area contributed by atoms with Crippen LogP contribution in [0.15, 0.2) is 84.6 Å². The molecule has 0 heterocycles. The second-order valence-electron chi connectivity index (χ2n) is 16.6. The second kappa shape index (κ2) is 27.2. The summed E-state index contributed by atoms with van der Waals surface area (Å²) in [7, 11) is 1.74. The molecule has 0 aromatic heterocycles. The van der Waals surface area contributed by atoms with Gasteiger partial charge in [-0.1, -0.05) is 107 Å². The lowest BCUT2D eigenvalue weighted by molar-refractivity contribution is -0.164. The first kappa shape index (κ1) is 48.7. The third kappa shape index (κ3) is 19.1. The molecule has 314 valence electrons. The molecule has 2 amide bonds. The van der Waals surface area contributed by atoms with Crippen LogP contribution < -0.4 is 5.32 Å². The molecule has 8 heteroatoms. The summed E-state index contributed by atoms with van der Waals surface area (Å²) in [5.41, 5.74) is 0.666. The van der Waals surface area contributed by atoms with Gasteiger partial charge in [-0.05, 0) is 114 Å². The number of nitrogens with one attached hydrogen (secondary N) is 1. The molecule has 56 heavy (non-hydrogen) atoms. The normalized spacial score (nSPS) is 22.6. The van der Waals surface area contributed by atoms with Crippen LogP contribution in [0.4, 0.5) is 0 Å². The molecule has 0 aromatic rings. The number of ether oxygens (including phenoxy) is 1. The zero-order chi connectivity index (χ0) is 41.3. The summed E-state index contributed by atoms with van der Waals surface area (Å²) in [6.07, 6.45) is 36.1. The van der Waals surface area contributed by atoms with Crippen LogP contribution in [-0.2, 0) is 19.1 Å². The highest BCUT2D eigenvalue weighted by Crippen LogP contribution is 2.45. The van der Waals surface area contributed by atoms with Crippen molar-refractivity contribution < 1.29 is 29.3 Å². The highest BCUT2D eigenvalue weighted by molar-refractivity contribution is 5.77. The lowest BCUT2D eigenvalue weighted by Crippen LogP contribution is -2.43. The number of allylic oxidation sites excluding steroid dienone is 13. The molecule has 3 N–H and O–H groups in total. The standard InChI is InChI=1S/C48H76N2O6/c1-8-10-11-12-13-14-15-16-17-18-19-20-21-22-23-24-25-26-45(54)50(7)32-31-49-44(53)36-41(52)35-40(51)29-30-42-38(4)27-28-39-33-37(3)34-43(46(39)42)56-47(55)48(5,6)9-2/h10-11,13-14,16-17,19-20,22-23,27-28,33,37-38,40-43,46,51-52H,8-9,12,15,18,21,24-26,29-32,34-36H2,1-7H3,(H,49,53)/t37-,38-,40-,41+,42-,43?,46?/m0/s1. The molecule has 7 atom stereocenters. The third-order valence-electron chi connectivity index (χ3n) is 11.2. The van der Waals surface area contributed by atoms with E-state index in [9.17, 15) is 24.6 Å². The van der Waals surface area contributed by atoms with Crippen molar-refractivity contribution in [2.24, 2.45) is 29.1 Å². The topological polar surface area (TPSA) is 116 Å². The summed E-state index contributed by atoms with van der Waals surface area (Å²) < 4.78 is 6.21. The van der Waals surface area contributed by atoms with E-state index in [1.165, 1.54) is 5.57 Å². The molecule has 0 spiro atoms. The number of hydrogen-bond acceptors (Lipinski definition) is 6. The molecule has 0 saturated carbocycles. The molecule has 0 radical (unpaired) electrons. The Bertz CT molecular complexity index is 1390. The summed E-state index contributed by atoms with van der Waals surface area (Å²) in [6.45, 7) is 13.0. The number of carbonyl (C=O) groups is 3. The number of esters is 1. The van der Waals surface area contributed by atoms with Gasteiger partial charge in [-0.2, -0.15) is 0 Å². The van der Waals surface area contributed by atoms with Crippen molar-refractivity contribution in [3.8, 4) is 0 Å². The minimum Gasteiger partial charge on any atom is -0.461 e. The molecular formula is C48H76N2O6. The number of carbonyl (C=O) groups excluding carboxylic acids is 3. The number of aliphatic hydroxyl groups is 2. The van der Waals surface area contributed by atoms with Gasteiger partial charge >= 0.3 is 5.97 Å². The molecule has 0 fully saturated rings. The van der Waals surface area contributed by atoms with Crippen LogP contribution in [0.25, 0.3) is 0 Å². The van der Waals surface area contributed by atoms with Crippen LogP contribution >= 0.6 is 0 Å². The quantitative estimate of drug-likeness (QED) is 0.0458. The maximum atomic E-state index is 13.1. The minimum absolute atomic E-state index is 0.0390. The first-order valence-electron chi connectivity index (χ1n) is 21.5. The predicted octanol–water partition coefficient (Wildman–Crippen LogP) is 9.52. The number of fused-ring (bicyclic) bond motifs is 1. The Morgan fingerprint density at radius 3 is 2.14 bits per heavy atom. The maximum absolute atomic E-state index is 13.1. The molecular weight excluding hydrogens is 701 g/mol. The lowest BCUT2D eigenvalue weighted by atomic mass is 9.65. The highest BCUT2D eigenvalue weighted by atomic mass is 16.5. The Morgan fingerprint density at radius 2 is 1.54 bits per heavy atom. The largest absolute Gasteiger partial charge is 0.461 e. The van der Waals surface area contributed by atoms with Crippen molar-refractivity contribution in [1.29, 1.82) is 0 Å². The van der Waals surface area contributed by atoms with Crippen LogP contribution in [-0.4, -0.2) is 71.3 Å². The average molecular weight is 777 g/mol. The molecule has 0 aromatic carbocycles. The van der Waals surface area contributed by atoms with E-state index in [-0.39, 0.29) is 54.5 Å². The second-order valence-corrected chi connectivity index (χ2v) is 16.6. The van der Waals surface area contributed by atoms with Crippen molar-refractivity contribution in [3.05, 3.63) is 84.6 Å². The monoisotopic (exact) mass is 777 g/mol. The van der Waals surface area contributed by atoms with E-state index in [0.29, 0.717) is 38.3 Å². The number of likely N-dealkylation sites (N-methyl/N-ethyl adjacent to an activating group) is 1. The van der Waals surface area contributed by atoms with Crippen LogP contribution in [0.3, 0.4) is 0 Å². The Kier molecular flexibility index (Phi) is 23.6. The predicted molar refractivity (Wildman–Crippen MR) is 231 cm³/mol. The summed E-state index contributed by atoms with van der Waals surface area (Å²) in [5.74, 6) is 0.391. The van der Waals surface area contributed by atoms with E-state index >= 15 is 0 Å². The van der Waals surface area contributed by atoms with Gasteiger partial charge in [-0.25, -0.2) is 0 Å². The van der Waals surface area contributed by atoms with Gasteiger partial charge in [0, 0.05) is 32.5 Å². The van der Waals surface area contributed by atoms with Gasteiger partial charge in [-0.3, -0.25) is 14.4 Å². The number of nitrogens with zero attached hydrogens (tertiary/aromatic N) is 1. The fourth-order valence-corrected chi connectivity index (χ4v) is 7.27. The van der Waals surface area contributed by atoms with Gasteiger partial charge in [0.05, 0.1) is 24.0 Å². The lowest BCUT2D eigenvalue weighted by Gasteiger charge is -2.44. The van der Waals surface area contributed by atoms with Gasteiger partial charge in [0.1, 0.15) is 6.10 Å². The van der Waals surface area contributed by atoms with Gasteiger partial charge in [0.15, 0.2) is 0 Å². The molecule has 2 aliphatic rings. The Morgan fingerprint density at radius 1 is 0.929 bits per heavy atom. The fraction of sp³-hybridized carbons (Fsp3) is 0.646. The molecule has 2 rings (SSSR count). The van der Waals surface area contributed by atoms with Gasteiger partial charge < -0.3 is 25.2 Å². The Labute approximate surface area is 340 Å². The van der Waals surface area contributed by atoms with Crippen LogP contribution in [0.1, 0.15) is 131 Å². The van der Waals surface area contributed by atoms with Crippen molar-refractivity contribution in [3.63, 3.8) is 0 Å². The molecule has 2 aliphatic carbocycles. The van der Waals surface area contributed by atoms with Crippen LogP contribution in [0, 0.1) is 29.1 Å². The summed E-state index contributed by atoms with van der Waals surface area (Å²) in [4.78, 5) is 39.8. The molecule has 0 bridgehead atoms. The van der Waals surface area contributed by atoms with E-state index < -0.39 is 17.6 Å². The molecule has 8 nitrogen and oxygen atoms in total. The zero-order valence-corrected chi connectivity index (χ0v) is 35.8. The van der Waals surface area contributed by atoms with Gasteiger partial charge in [-0.15, -0.1) is 0 Å². The highest BCUT2D eigenvalue weighted by Gasteiger charge is 2.43. The SMILES string of the molecule is CCC=CCC=CCC=CCC=CCC=CCCCC(=O)N(C)CCNC(=O)C[C@H](O)C[C@@H](O)CC[C@@H]1C2C(=C[C@H](C)CC2OC(=O)C(C)(C)CC)C=C[C@@H]1C. The average Bonchev–Trinajstić information content (AvgIpc) is 3.15. The van der Waals surface area contributed by atoms with Crippen LogP contribution in [0.5, 0.6) is 0 Å². The molecule has 2 unspecified atom stereocenters. The van der Waals surface area contributed by atoms with E-state index in [4.69, 9.17) is 4.74 Å². The maximum Gasteiger partial charge on any atom is 0.311 e. The van der Waals surface area contributed by atoms with Crippen molar-refractivity contribution >= 4 is 17.8 Å². The van der Waals surface area contributed by atoms with Crippen LogP contribution in [0.2, 0.25) is 0 Å². The summed E-state index contributed by atoms with van der Waals surface area (Å²) in [6, 6.07) is 0. The van der Waals surface area contributed by atoms with Crippen molar-refractivity contribution in [2.75, 3.05) is 20.1 Å². The Hall–Kier alpha value is -3.49. The zero-order valence-electron chi connectivity index (χ0n) is 35.8. The number of rotatable bonds is 26. The minimum atomic E-state index is -0.972. The van der Waals surface area contributed by atoms with E-state index in [1.54, 1.807) is 11.9 Å². The summed E-state index contributed by atoms with van der Waals surface area (Å²) in [5, 5.41) is 24.3. The number of aliphatic hydroxyl groups excluding tert-OH is 2. The van der Waals surface area contributed by atoms with Gasteiger partial charge in [0.2, 0.25) is 11.8 Å². The molecule has 0 aliphatic heterocycles. The number of hydrogen-bond donors (Lipinski definition) is 3. The van der Waals surface area contributed by atoms with E-state index in [1.807, 2.05) is 20.8 Å². The van der Waals surface area contributed by atoms with Gasteiger partial charge in [0.25, 0.3) is 0 Å². The first-order valence-corrected chi connectivity index (χ1v) is 21.5. The summed E-state index contributed by atoms with van der Waals surface area (Å²) >= 11 is 0. The smallest absolute Gasteiger partial charge is 0.311 e. The fourth-order valence-electron chi connectivity index (χ4n) is 7.27. The third-order valence-corrected chi connectivity index (χ3v) is 11.2. The first-order chi connectivity index (χ1) is 26.8. The van der Waals surface area contributed by atoms with Crippen molar-refractivity contribution in [1.82, 2.24) is 10.2 Å². The van der Waals surface area contributed by atoms with E-state index in [0.717, 1.165) is 57.8 Å². The van der Waals surface area contributed by atoms with Crippen molar-refractivity contribution in [2.45, 2.75) is 150 Å². The van der Waals surface area contributed by atoms with E-state index in [2.05, 4.69) is 105 Å².